The highest BCUT2D eigenvalue weighted by molar-refractivity contribution is 7.89. The lowest BCUT2D eigenvalue weighted by Crippen LogP contribution is -2.45. The van der Waals surface area contributed by atoms with Crippen molar-refractivity contribution >= 4 is 33.2 Å². The van der Waals surface area contributed by atoms with Gasteiger partial charge < -0.3 is 10.1 Å². The molecule has 3 aromatic carbocycles. The first-order chi connectivity index (χ1) is 15.2. The van der Waals surface area contributed by atoms with Crippen molar-refractivity contribution in [1.82, 2.24) is 4.72 Å². The van der Waals surface area contributed by atoms with Crippen molar-refractivity contribution in [2.24, 2.45) is 0 Å². The van der Waals surface area contributed by atoms with Crippen LogP contribution in [0.5, 0.6) is 5.75 Å². The summed E-state index contributed by atoms with van der Waals surface area (Å²) in [6.45, 7) is 3.54. The van der Waals surface area contributed by atoms with Crippen LogP contribution in [0.4, 0.5) is 5.69 Å². The number of rotatable bonds is 8. The minimum Gasteiger partial charge on any atom is -0.496 e. The Balaban J connectivity index is 1.90. The molecule has 0 saturated heterocycles. The lowest BCUT2D eigenvalue weighted by Gasteiger charge is -2.20. The summed E-state index contributed by atoms with van der Waals surface area (Å²) < 4.78 is 34.0. The molecule has 1 amide bonds. The molecule has 2 N–H and O–H groups in total. The Morgan fingerprint density at radius 3 is 2.41 bits per heavy atom. The first-order valence-electron chi connectivity index (χ1n) is 9.98. The number of methoxy groups -OCH3 is 1. The number of amides is 1. The Morgan fingerprint density at radius 1 is 1.03 bits per heavy atom. The smallest absolute Gasteiger partial charge is 0.242 e. The van der Waals surface area contributed by atoms with Gasteiger partial charge in [0, 0.05) is 10.7 Å². The summed E-state index contributed by atoms with van der Waals surface area (Å²) in [6, 6.07) is 17.9. The fraction of sp³-hybridized carbons (Fsp3) is 0.208. The van der Waals surface area contributed by atoms with E-state index in [4.69, 9.17) is 16.3 Å². The quantitative estimate of drug-likeness (QED) is 0.505. The van der Waals surface area contributed by atoms with Crippen molar-refractivity contribution in [2.45, 2.75) is 31.2 Å². The fourth-order valence-electron chi connectivity index (χ4n) is 3.27. The van der Waals surface area contributed by atoms with E-state index in [1.807, 2.05) is 30.3 Å². The molecule has 3 aromatic rings. The van der Waals surface area contributed by atoms with Crippen molar-refractivity contribution in [3.63, 3.8) is 0 Å². The maximum atomic E-state index is 13.2. The van der Waals surface area contributed by atoms with Crippen LogP contribution < -0.4 is 14.8 Å². The van der Waals surface area contributed by atoms with E-state index in [0.29, 0.717) is 27.6 Å². The topological polar surface area (TPSA) is 84.5 Å². The molecule has 3 rings (SSSR count). The summed E-state index contributed by atoms with van der Waals surface area (Å²) in [5.74, 6) is 0.104. The zero-order valence-corrected chi connectivity index (χ0v) is 19.6. The van der Waals surface area contributed by atoms with Crippen LogP contribution in [0.2, 0.25) is 5.02 Å². The number of anilines is 1. The van der Waals surface area contributed by atoms with Gasteiger partial charge in [-0.2, -0.15) is 4.72 Å². The summed E-state index contributed by atoms with van der Waals surface area (Å²) in [7, 11) is -2.45. The Labute approximate surface area is 193 Å². The minimum absolute atomic E-state index is 0.0561. The molecular weight excluding hydrogens is 448 g/mol. The van der Waals surface area contributed by atoms with E-state index in [2.05, 4.69) is 10.0 Å². The molecule has 0 aliphatic carbocycles. The second-order valence-electron chi connectivity index (χ2n) is 7.40. The molecule has 1 atom stereocenters. The van der Waals surface area contributed by atoms with Crippen LogP contribution in [0, 0.1) is 13.8 Å². The summed E-state index contributed by atoms with van der Waals surface area (Å²) in [4.78, 5) is 13.2. The van der Waals surface area contributed by atoms with Crippen molar-refractivity contribution in [1.29, 1.82) is 0 Å². The molecule has 0 aliphatic heterocycles. The second kappa shape index (κ2) is 10.2. The van der Waals surface area contributed by atoms with Gasteiger partial charge in [0.25, 0.3) is 0 Å². The van der Waals surface area contributed by atoms with Gasteiger partial charge in [-0.3, -0.25) is 4.79 Å². The van der Waals surface area contributed by atoms with Gasteiger partial charge in [-0.1, -0.05) is 48.0 Å². The number of aryl methyl sites for hydroxylation is 1. The van der Waals surface area contributed by atoms with Crippen molar-refractivity contribution in [3.05, 3.63) is 88.4 Å². The SMILES string of the molecule is COc1ccc(S(=O)(=O)NC(Cc2ccccc2)C(=O)Nc2cccc(Cl)c2C)cc1C. The van der Waals surface area contributed by atoms with Crippen LogP contribution in [0.15, 0.2) is 71.6 Å². The Hall–Kier alpha value is -2.87. The number of carbonyl (C=O) groups excluding carboxylic acids is 1. The molecule has 168 valence electrons. The lowest BCUT2D eigenvalue weighted by molar-refractivity contribution is -0.117. The van der Waals surface area contributed by atoms with E-state index in [9.17, 15) is 13.2 Å². The van der Waals surface area contributed by atoms with E-state index in [1.165, 1.54) is 19.2 Å². The van der Waals surface area contributed by atoms with Gasteiger partial charge >= 0.3 is 0 Å². The third kappa shape index (κ3) is 5.68. The first-order valence-corrected chi connectivity index (χ1v) is 11.8. The zero-order chi connectivity index (χ0) is 23.3. The molecular formula is C24H25ClN2O4S. The average molecular weight is 473 g/mol. The second-order valence-corrected chi connectivity index (χ2v) is 9.52. The fourth-order valence-corrected chi connectivity index (χ4v) is 4.73. The number of ether oxygens (including phenoxy) is 1. The number of hydrogen-bond acceptors (Lipinski definition) is 4. The number of nitrogens with one attached hydrogen (secondary N) is 2. The van der Waals surface area contributed by atoms with E-state index in [0.717, 1.165) is 5.56 Å². The molecule has 0 heterocycles. The summed E-state index contributed by atoms with van der Waals surface area (Å²) >= 11 is 6.16. The normalized spacial score (nSPS) is 12.2. The highest BCUT2D eigenvalue weighted by Gasteiger charge is 2.27. The van der Waals surface area contributed by atoms with E-state index < -0.39 is 22.0 Å². The summed E-state index contributed by atoms with van der Waals surface area (Å²) in [5, 5.41) is 3.32. The van der Waals surface area contributed by atoms with Crippen molar-refractivity contribution in [2.75, 3.05) is 12.4 Å². The minimum atomic E-state index is -3.98. The average Bonchev–Trinajstić information content (AvgIpc) is 2.77. The number of benzene rings is 3. The Kier molecular flexibility index (Phi) is 7.56. The van der Waals surface area contributed by atoms with E-state index in [1.54, 1.807) is 38.1 Å². The molecule has 0 radical (unpaired) electrons. The molecule has 0 saturated carbocycles. The highest BCUT2D eigenvalue weighted by Crippen LogP contribution is 2.24. The number of sulfonamides is 1. The number of halogens is 1. The van der Waals surface area contributed by atoms with Crippen LogP contribution >= 0.6 is 11.6 Å². The van der Waals surface area contributed by atoms with Gasteiger partial charge in [0.05, 0.1) is 12.0 Å². The van der Waals surface area contributed by atoms with Crippen LogP contribution in [0.1, 0.15) is 16.7 Å². The highest BCUT2D eigenvalue weighted by atomic mass is 35.5. The van der Waals surface area contributed by atoms with Gasteiger partial charge in [0.1, 0.15) is 11.8 Å². The molecule has 0 spiro atoms. The molecule has 0 fully saturated rings. The Morgan fingerprint density at radius 2 is 1.75 bits per heavy atom. The Bertz CT molecular complexity index is 1210. The molecule has 0 bridgehead atoms. The van der Waals surface area contributed by atoms with Gasteiger partial charge in [-0.25, -0.2) is 8.42 Å². The summed E-state index contributed by atoms with van der Waals surface area (Å²) in [6.07, 6.45) is 0.181. The number of carbonyl (C=O) groups is 1. The first kappa shape index (κ1) is 23.8. The van der Waals surface area contributed by atoms with Crippen molar-refractivity contribution < 1.29 is 17.9 Å². The van der Waals surface area contributed by atoms with Gasteiger partial charge in [-0.05, 0) is 67.3 Å². The monoisotopic (exact) mass is 472 g/mol. The molecule has 6 nitrogen and oxygen atoms in total. The number of hydrogen-bond donors (Lipinski definition) is 2. The lowest BCUT2D eigenvalue weighted by atomic mass is 10.1. The molecule has 1 unspecified atom stereocenters. The van der Waals surface area contributed by atoms with Gasteiger partial charge in [0.15, 0.2) is 0 Å². The van der Waals surface area contributed by atoms with Crippen LogP contribution in [-0.4, -0.2) is 27.5 Å². The van der Waals surface area contributed by atoms with Gasteiger partial charge in [-0.15, -0.1) is 0 Å². The third-order valence-corrected chi connectivity index (χ3v) is 6.98. The van der Waals surface area contributed by atoms with Crippen molar-refractivity contribution in [3.8, 4) is 5.75 Å². The molecule has 32 heavy (non-hydrogen) atoms. The van der Waals surface area contributed by atoms with Gasteiger partial charge in [0.2, 0.25) is 15.9 Å². The van der Waals surface area contributed by atoms with Crippen LogP contribution in [0.25, 0.3) is 0 Å². The van der Waals surface area contributed by atoms with E-state index in [-0.39, 0.29) is 11.3 Å². The molecule has 0 aromatic heterocycles. The maximum absolute atomic E-state index is 13.2. The van der Waals surface area contributed by atoms with Crippen LogP contribution in [-0.2, 0) is 21.2 Å². The predicted molar refractivity (Wildman–Crippen MR) is 127 cm³/mol. The summed E-state index contributed by atoms with van der Waals surface area (Å²) in [5.41, 5.74) is 2.73. The predicted octanol–water partition coefficient (Wildman–Crippen LogP) is 4.49. The maximum Gasteiger partial charge on any atom is 0.242 e. The zero-order valence-electron chi connectivity index (χ0n) is 18.1. The molecule has 8 heteroatoms. The standard InChI is InChI=1S/C24H25ClN2O4S/c1-16-14-19(12-13-23(16)31-3)32(29,30)27-22(15-18-8-5-4-6-9-18)24(28)26-21-11-7-10-20(25)17(21)2/h4-14,22,27H,15H2,1-3H3,(H,26,28). The molecule has 0 aliphatic rings. The third-order valence-electron chi connectivity index (χ3n) is 5.10. The van der Waals surface area contributed by atoms with E-state index >= 15 is 0 Å². The van der Waals surface area contributed by atoms with Crippen LogP contribution in [0.3, 0.4) is 0 Å². The largest absolute Gasteiger partial charge is 0.496 e.